The largest absolute Gasteiger partial charge is 0.494 e. The summed E-state index contributed by atoms with van der Waals surface area (Å²) in [6, 6.07) is 17.4. The number of ether oxygens (including phenoxy) is 1. The summed E-state index contributed by atoms with van der Waals surface area (Å²) in [6.45, 7) is 4.22. The average Bonchev–Trinajstić information content (AvgIpc) is 2.60. The Bertz CT molecular complexity index is 603. The summed E-state index contributed by atoms with van der Waals surface area (Å²) in [6.07, 6.45) is 0.823. The van der Waals surface area contributed by atoms with Crippen molar-refractivity contribution < 1.29 is 9.53 Å². The van der Waals surface area contributed by atoms with Gasteiger partial charge in [0.2, 0.25) is 0 Å². The number of benzene rings is 2. The van der Waals surface area contributed by atoms with Crippen molar-refractivity contribution in [2.24, 2.45) is 5.73 Å². The van der Waals surface area contributed by atoms with Gasteiger partial charge in [0.25, 0.3) is 5.91 Å². The molecule has 5 heteroatoms. The highest BCUT2D eigenvalue weighted by Gasteiger charge is 2.15. The highest BCUT2D eigenvalue weighted by atomic mass is 35.5. The lowest BCUT2D eigenvalue weighted by molar-refractivity contribution is 0.0762. The maximum absolute atomic E-state index is 12.7. The SMILES string of the molecule is CCOc1ccc(C(=O)N(CCN)CCc2ccccc2)cc1.Cl. The zero-order valence-corrected chi connectivity index (χ0v) is 14.8. The summed E-state index contributed by atoms with van der Waals surface area (Å²) in [5.74, 6) is 0.785. The van der Waals surface area contributed by atoms with Gasteiger partial charge < -0.3 is 15.4 Å². The van der Waals surface area contributed by atoms with Gasteiger partial charge in [-0.1, -0.05) is 30.3 Å². The molecule has 0 heterocycles. The van der Waals surface area contributed by atoms with E-state index >= 15 is 0 Å². The van der Waals surface area contributed by atoms with E-state index in [2.05, 4.69) is 12.1 Å². The van der Waals surface area contributed by atoms with Crippen LogP contribution in [0.1, 0.15) is 22.8 Å². The highest BCUT2D eigenvalue weighted by molar-refractivity contribution is 5.94. The lowest BCUT2D eigenvalue weighted by atomic mass is 10.1. The molecule has 0 spiro atoms. The fourth-order valence-corrected chi connectivity index (χ4v) is 2.42. The molecule has 2 aromatic carbocycles. The summed E-state index contributed by atoms with van der Waals surface area (Å²) in [4.78, 5) is 14.5. The molecule has 0 aromatic heterocycles. The summed E-state index contributed by atoms with van der Waals surface area (Å²) >= 11 is 0. The van der Waals surface area contributed by atoms with Crippen LogP contribution in [0, 0.1) is 0 Å². The molecule has 0 bridgehead atoms. The number of nitrogens with two attached hydrogens (primary N) is 1. The number of carbonyl (C=O) groups excluding carboxylic acids is 1. The molecule has 0 radical (unpaired) electrons. The minimum atomic E-state index is 0. The van der Waals surface area contributed by atoms with Crippen LogP contribution in [0.5, 0.6) is 5.75 Å². The topological polar surface area (TPSA) is 55.6 Å². The minimum absolute atomic E-state index is 0. The molecule has 1 amide bonds. The Balaban J connectivity index is 0.00000288. The molecule has 0 aliphatic heterocycles. The van der Waals surface area contributed by atoms with Crippen LogP contribution < -0.4 is 10.5 Å². The third kappa shape index (κ3) is 5.87. The van der Waals surface area contributed by atoms with E-state index in [1.165, 1.54) is 5.56 Å². The van der Waals surface area contributed by atoms with Crippen molar-refractivity contribution in [3.63, 3.8) is 0 Å². The first-order valence-corrected chi connectivity index (χ1v) is 8.00. The van der Waals surface area contributed by atoms with E-state index < -0.39 is 0 Å². The van der Waals surface area contributed by atoms with Gasteiger partial charge in [0, 0.05) is 25.2 Å². The monoisotopic (exact) mass is 348 g/mol. The third-order valence-corrected chi connectivity index (χ3v) is 3.61. The van der Waals surface area contributed by atoms with E-state index in [-0.39, 0.29) is 18.3 Å². The summed E-state index contributed by atoms with van der Waals surface area (Å²) < 4.78 is 5.41. The van der Waals surface area contributed by atoms with E-state index in [1.54, 1.807) is 12.1 Å². The van der Waals surface area contributed by atoms with Gasteiger partial charge in [0.1, 0.15) is 5.75 Å². The number of rotatable bonds is 8. The molecule has 0 saturated heterocycles. The number of hydrogen-bond acceptors (Lipinski definition) is 3. The summed E-state index contributed by atoms with van der Waals surface area (Å²) in [5.41, 5.74) is 7.54. The molecule has 2 aromatic rings. The average molecular weight is 349 g/mol. The lowest BCUT2D eigenvalue weighted by Crippen LogP contribution is -2.36. The predicted octanol–water partition coefficient (Wildman–Crippen LogP) is 3.15. The van der Waals surface area contributed by atoms with Crippen LogP contribution in [-0.2, 0) is 6.42 Å². The molecule has 0 atom stereocenters. The van der Waals surface area contributed by atoms with Crippen LogP contribution in [0.3, 0.4) is 0 Å². The lowest BCUT2D eigenvalue weighted by Gasteiger charge is -2.22. The van der Waals surface area contributed by atoms with Crippen LogP contribution in [0.15, 0.2) is 54.6 Å². The van der Waals surface area contributed by atoms with E-state index in [1.807, 2.05) is 42.2 Å². The zero-order valence-electron chi connectivity index (χ0n) is 14.0. The Morgan fingerprint density at radius 3 is 2.29 bits per heavy atom. The second-order valence-electron chi connectivity index (χ2n) is 5.27. The quantitative estimate of drug-likeness (QED) is 0.797. The van der Waals surface area contributed by atoms with Crippen LogP contribution in [0.2, 0.25) is 0 Å². The van der Waals surface area contributed by atoms with E-state index in [4.69, 9.17) is 10.5 Å². The summed E-state index contributed by atoms with van der Waals surface area (Å²) in [5, 5.41) is 0. The second-order valence-corrected chi connectivity index (χ2v) is 5.27. The molecular formula is C19H25ClN2O2. The molecule has 130 valence electrons. The van der Waals surface area contributed by atoms with Gasteiger partial charge in [0.05, 0.1) is 6.61 Å². The van der Waals surface area contributed by atoms with Crippen molar-refractivity contribution in [1.82, 2.24) is 4.90 Å². The fraction of sp³-hybridized carbons (Fsp3) is 0.316. The molecule has 0 unspecified atom stereocenters. The number of amides is 1. The third-order valence-electron chi connectivity index (χ3n) is 3.61. The van der Waals surface area contributed by atoms with Crippen LogP contribution in [0.4, 0.5) is 0 Å². The predicted molar refractivity (Wildman–Crippen MR) is 100.0 cm³/mol. The zero-order chi connectivity index (χ0) is 16.5. The number of carbonyl (C=O) groups is 1. The Kier molecular flexibility index (Phi) is 8.90. The van der Waals surface area contributed by atoms with Gasteiger partial charge in [-0.05, 0) is 43.2 Å². The number of nitrogens with zero attached hydrogens (tertiary/aromatic N) is 1. The van der Waals surface area contributed by atoms with Crippen molar-refractivity contribution in [3.05, 3.63) is 65.7 Å². The first-order valence-electron chi connectivity index (χ1n) is 8.00. The molecular weight excluding hydrogens is 324 g/mol. The molecule has 0 fully saturated rings. The Morgan fingerprint density at radius 2 is 1.71 bits per heavy atom. The standard InChI is InChI=1S/C19H24N2O2.ClH/c1-2-23-18-10-8-17(9-11-18)19(22)21(15-13-20)14-12-16-6-4-3-5-7-16;/h3-11H,2,12-15,20H2,1H3;1H. The minimum Gasteiger partial charge on any atom is -0.494 e. The maximum atomic E-state index is 12.7. The smallest absolute Gasteiger partial charge is 0.253 e. The van der Waals surface area contributed by atoms with Gasteiger partial charge in [-0.3, -0.25) is 4.79 Å². The Labute approximate surface area is 150 Å². The molecule has 0 aliphatic carbocycles. The van der Waals surface area contributed by atoms with E-state index in [0.29, 0.717) is 31.8 Å². The van der Waals surface area contributed by atoms with Crippen LogP contribution in [-0.4, -0.2) is 37.0 Å². The van der Waals surface area contributed by atoms with Gasteiger partial charge in [-0.2, -0.15) is 0 Å². The first kappa shape index (κ1) is 20.0. The van der Waals surface area contributed by atoms with Crippen LogP contribution in [0.25, 0.3) is 0 Å². The Hall–Kier alpha value is -2.04. The van der Waals surface area contributed by atoms with E-state index in [9.17, 15) is 4.79 Å². The van der Waals surface area contributed by atoms with Crippen LogP contribution >= 0.6 is 12.4 Å². The highest BCUT2D eigenvalue weighted by Crippen LogP contribution is 2.14. The van der Waals surface area contributed by atoms with Crippen molar-refractivity contribution in [1.29, 1.82) is 0 Å². The fourth-order valence-electron chi connectivity index (χ4n) is 2.42. The molecule has 2 rings (SSSR count). The molecule has 0 saturated carbocycles. The normalized spacial score (nSPS) is 9.92. The van der Waals surface area contributed by atoms with E-state index in [0.717, 1.165) is 12.2 Å². The second kappa shape index (κ2) is 10.7. The number of hydrogen-bond donors (Lipinski definition) is 1. The van der Waals surface area contributed by atoms with Crippen molar-refractivity contribution in [2.75, 3.05) is 26.2 Å². The van der Waals surface area contributed by atoms with Gasteiger partial charge >= 0.3 is 0 Å². The first-order chi connectivity index (χ1) is 11.2. The van der Waals surface area contributed by atoms with Gasteiger partial charge in [-0.25, -0.2) is 0 Å². The molecule has 0 aliphatic rings. The molecule has 2 N–H and O–H groups in total. The Morgan fingerprint density at radius 1 is 1.04 bits per heavy atom. The van der Waals surface area contributed by atoms with Crippen molar-refractivity contribution in [3.8, 4) is 5.75 Å². The van der Waals surface area contributed by atoms with Crippen molar-refractivity contribution >= 4 is 18.3 Å². The summed E-state index contributed by atoms with van der Waals surface area (Å²) in [7, 11) is 0. The number of halogens is 1. The van der Waals surface area contributed by atoms with Crippen molar-refractivity contribution in [2.45, 2.75) is 13.3 Å². The molecule has 4 nitrogen and oxygen atoms in total. The maximum Gasteiger partial charge on any atom is 0.253 e. The van der Waals surface area contributed by atoms with Gasteiger partial charge in [0.15, 0.2) is 0 Å². The molecule has 24 heavy (non-hydrogen) atoms. The van der Waals surface area contributed by atoms with Gasteiger partial charge in [-0.15, -0.1) is 12.4 Å².